The molecule has 3 N–H and O–H groups in total. The Balaban J connectivity index is 1.90. The van der Waals surface area contributed by atoms with E-state index in [1.54, 1.807) is 38.1 Å². The molecule has 2 aromatic carbocycles. The second-order valence-corrected chi connectivity index (χ2v) is 6.57. The van der Waals surface area contributed by atoms with Crippen LogP contribution in [-0.4, -0.2) is 36.6 Å². The second kappa shape index (κ2) is 10.6. The lowest BCUT2D eigenvalue weighted by Gasteiger charge is -2.10. The smallest absolute Gasteiger partial charge is 0.329 e. The number of nitrogens with one attached hydrogen (secondary N) is 3. The molecule has 0 aliphatic carbocycles. The van der Waals surface area contributed by atoms with E-state index in [0.717, 1.165) is 5.56 Å². The molecule has 0 spiro atoms. The minimum Gasteiger partial charge on any atom is -0.483 e. The average Bonchev–Trinajstić information content (AvgIpc) is 2.68. The highest BCUT2D eigenvalue weighted by Gasteiger charge is 2.13. The van der Waals surface area contributed by atoms with E-state index in [1.807, 2.05) is 31.2 Å². The van der Waals surface area contributed by atoms with Crippen LogP contribution in [0, 0.1) is 6.92 Å². The van der Waals surface area contributed by atoms with Crippen LogP contribution in [0.25, 0.3) is 0 Å². The number of anilines is 1. The van der Waals surface area contributed by atoms with E-state index in [9.17, 15) is 14.4 Å². The summed E-state index contributed by atoms with van der Waals surface area (Å²) in [5.41, 5.74) is 4.47. The summed E-state index contributed by atoms with van der Waals surface area (Å²) < 4.78 is 5.56. The number of hydrogen-bond donors (Lipinski definition) is 3. The van der Waals surface area contributed by atoms with E-state index in [0.29, 0.717) is 17.0 Å². The molecule has 0 fully saturated rings. The number of rotatable bonds is 7. The van der Waals surface area contributed by atoms with Crippen molar-refractivity contribution in [3.8, 4) is 5.75 Å². The molecule has 0 heterocycles. The minimum atomic E-state index is -0.870. The zero-order chi connectivity index (χ0) is 21.2. The Morgan fingerprint density at radius 2 is 1.72 bits per heavy atom. The van der Waals surface area contributed by atoms with Crippen molar-refractivity contribution in [1.29, 1.82) is 0 Å². The zero-order valence-electron chi connectivity index (χ0n) is 16.6. The standard InChI is InChI=1S/C21H24N4O4/c1-14(2)23-20(27)21(28)25-22-12-16-6-4-5-7-18(16)29-13-19(26)24-17-10-8-15(3)9-11-17/h4-12,14H,13H2,1-3H3,(H,23,27)(H,24,26)(H,25,28)/b22-12-. The highest BCUT2D eigenvalue weighted by Crippen LogP contribution is 2.16. The molecule has 0 radical (unpaired) electrons. The Morgan fingerprint density at radius 1 is 1.03 bits per heavy atom. The summed E-state index contributed by atoms with van der Waals surface area (Å²) in [6.45, 7) is 5.27. The number of amides is 3. The first-order valence-electron chi connectivity index (χ1n) is 9.07. The van der Waals surface area contributed by atoms with E-state index in [1.165, 1.54) is 6.21 Å². The highest BCUT2D eigenvalue weighted by atomic mass is 16.5. The number of aryl methyl sites for hydroxylation is 1. The number of carbonyl (C=O) groups excluding carboxylic acids is 3. The molecule has 0 unspecified atom stereocenters. The van der Waals surface area contributed by atoms with Crippen molar-refractivity contribution in [3.05, 3.63) is 59.7 Å². The quantitative estimate of drug-likeness (QED) is 0.378. The van der Waals surface area contributed by atoms with Gasteiger partial charge in [-0.15, -0.1) is 0 Å². The normalized spacial score (nSPS) is 10.6. The SMILES string of the molecule is Cc1ccc(NC(=O)COc2ccccc2/C=N\NC(=O)C(=O)NC(C)C)cc1. The molecule has 8 nitrogen and oxygen atoms in total. The van der Waals surface area contributed by atoms with Crippen LogP contribution < -0.4 is 20.8 Å². The van der Waals surface area contributed by atoms with Gasteiger partial charge in [0, 0.05) is 17.3 Å². The van der Waals surface area contributed by atoms with E-state index in [-0.39, 0.29) is 18.6 Å². The number of hydrazone groups is 1. The zero-order valence-corrected chi connectivity index (χ0v) is 16.6. The fourth-order valence-corrected chi connectivity index (χ4v) is 2.23. The molecule has 2 aromatic rings. The van der Waals surface area contributed by atoms with Crippen molar-refractivity contribution in [3.63, 3.8) is 0 Å². The van der Waals surface area contributed by atoms with E-state index in [2.05, 4.69) is 21.2 Å². The number of benzene rings is 2. The molecule has 0 saturated carbocycles. The van der Waals surface area contributed by atoms with Crippen molar-refractivity contribution in [2.75, 3.05) is 11.9 Å². The molecule has 152 valence electrons. The first-order valence-corrected chi connectivity index (χ1v) is 9.07. The number of ether oxygens (including phenoxy) is 1. The predicted octanol–water partition coefficient (Wildman–Crippen LogP) is 1.99. The molecule has 0 aliphatic heterocycles. The largest absolute Gasteiger partial charge is 0.483 e. The number of nitrogens with zero attached hydrogens (tertiary/aromatic N) is 1. The van der Waals surface area contributed by atoms with Gasteiger partial charge in [-0.3, -0.25) is 14.4 Å². The van der Waals surface area contributed by atoms with Gasteiger partial charge in [0.15, 0.2) is 6.61 Å². The molecule has 0 saturated heterocycles. The number of hydrogen-bond acceptors (Lipinski definition) is 5. The van der Waals surface area contributed by atoms with Gasteiger partial charge >= 0.3 is 11.8 Å². The summed E-state index contributed by atoms with van der Waals surface area (Å²) in [5.74, 6) is -1.53. The Labute approximate surface area is 169 Å². The lowest BCUT2D eigenvalue weighted by molar-refractivity contribution is -0.139. The van der Waals surface area contributed by atoms with Gasteiger partial charge in [-0.25, -0.2) is 5.43 Å². The molecule has 0 aliphatic rings. The lowest BCUT2D eigenvalue weighted by Crippen LogP contribution is -2.41. The van der Waals surface area contributed by atoms with Crippen molar-refractivity contribution in [1.82, 2.24) is 10.7 Å². The molecule has 3 amide bonds. The number of carbonyl (C=O) groups is 3. The Kier molecular flexibility index (Phi) is 7.90. The molecule has 0 atom stereocenters. The van der Waals surface area contributed by atoms with Crippen LogP contribution in [0.2, 0.25) is 0 Å². The third-order valence-corrected chi connectivity index (χ3v) is 3.61. The minimum absolute atomic E-state index is 0.155. The molecule has 8 heteroatoms. The summed E-state index contributed by atoms with van der Waals surface area (Å²) in [6, 6.07) is 14.2. The van der Waals surface area contributed by atoms with Gasteiger partial charge < -0.3 is 15.4 Å². The first kappa shape index (κ1) is 21.6. The van der Waals surface area contributed by atoms with Gasteiger partial charge in [0.05, 0.1) is 6.21 Å². The van der Waals surface area contributed by atoms with Crippen molar-refractivity contribution in [2.24, 2.45) is 5.10 Å². The maximum absolute atomic E-state index is 12.1. The van der Waals surface area contributed by atoms with Crippen LogP contribution >= 0.6 is 0 Å². The lowest BCUT2D eigenvalue weighted by atomic mass is 10.2. The third-order valence-electron chi connectivity index (χ3n) is 3.61. The van der Waals surface area contributed by atoms with Gasteiger partial charge in [0.25, 0.3) is 5.91 Å². The topological polar surface area (TPSA) is 109 Å². The predicted molar refractivity (Wildman–Crippen MR) is 111 cm³/mol. The van der Waals surface area contributed by atoms with Crippen LogP contribution in [0.1, 0.15) is 25.0 Å². The Morgan fingerprint density at radius 3 is 2.41 bits per heavy atom. The Bertz CT molecular complexity index is 892. The van der Waals surface area contributed by atoms with Crippen LogP contribution in [-0.2, 0) is 14.4 Å². The van der Waals surface area contributed by atoms with Gasteiger partial charge in [-0.1, -0.05) is 29.8 Å². The molecular weight excluding hydrogens is 372 g/mol. The van der Waals surface area contributed by atoms with Gasteiger partial charge in [0.1, 0.15) is 5.75 Å². The first-order chi connectivity index (χ1) is 13.8. The van der Waals surface area contributed by atoms with Crippen LogP contribution in [0.15, 0.2) is 53.6 Å². The van der Waals surface area contributed by atoms with E-state index in [4.69, 9.17) is 4.74 Å². The fraction of sp³-hybridized carbons (Fsp3) is 0.238. The van der Waals surface area contributed by atoms with Crippen LogP contribution in [0.3, 0.4) is 0 Å². The summed E-state index contributed by atoms with van der Waals surface area (Å²) in [4.78, 5) is 35.3. The van der Waals surface area contributed by atoms with Crippen molar-refractivity contribution < 1.29 is 19.1 Å². The molecule has 0 bridgehead atoms. The monoisotopic (exact) mass is 396 g/mol. The van der Waals surface area contributed by atoms with Gasteiger partial charge in [-0.2, -0.15) is 5.10 Å². The molecule has 29 heavy (non-hydrogen) atoms. The second-order valence-electron chi connectivity index (χ2n) is 6.57. The summed E-state index contributed by atoms with van der Waals surface area (Å²) in [5, 5.41) is 8.98. The van der Waals surface area contributed by atoms with Crippen molar-refractivity contribution >= 4 is 29.6 Å². The maximum atomic E-state index is 12.1. The van der Waals surface area contributed by atoms with Gasteiger partial charge in [-0.05, 0) is 45.0 Å². The number of para-hydroxylation sites is 1. The summed E-state index contributed by atoms with van der Waals surface area (Å²) in [6.07, 6.45) is 1.34. The average molecular weight is 396 g/mol. The maximum Gasteiger partial charge on any atom is 0.329 e. The highest BCUT2D eigenvalue weighted by molar-refractivity contribution is 6.35. The van der Waals surface area contributed by atoms with Crippen LogP contribution in [0.5, 0.6) is 5.75 Å². The van der Waals surface area contributed by atoms with E-state index >= 15 is 0 Å². The molecule has 2 rings (SSSR count). The summed E-state index contributed by atoms with van der Waals surface area (Å²) >= 11 is 0. The molecular formula is C21H24N4O4. The van der Waals surface area contributed by atoms with Crippen LogP contribution in [0.4, 0.5) is 5.69 Å². The van der Waals surface area contributed by atoms with Crippen molar-refractivity contribution in [2.45, 2.75) is 26.8 Å². The third kappa shape index (κ3) is 7.45. The van der Waals surface area contributed by atoms with E-state index < -0.39 is 11.8 Å². The summed E-state index contributed by atoms with van der Waals surface area (Å²) in [7, 11) is 0. The fourth-order valence-electron chi connectivity index (χ4n) is 2.23. The van der Waals surface area contributed by atoms with Gasteiger partial charge in [0.2, 0.25) is 0 Å². The molecule has 0 aromatic heterocycles. The Hall–Kier alpha value is -3.68.